The van der Waals surface area contributed by atoms with E-state index in [-0.39, 0.29) is 5.56 Å². The van der Waals surface area contributed by atoms with Gasteiger partial charge in [-0.25, -0.2) is 4.79 Å². The molecule has 0 atom stereocenters. The number of nitrogens with zero attached hydrogens (tertiary/aromatic N) is 2. The lowest BCUT2D eigenvalue weighted by atomic mass is 10.1. The predicted octanol–water partition coefficient (Wildman–Crippen LogP) is 3.46. The Labute approximate surface area is 122 Å². The molecule has 0 saturated carbocycles. The summed E-state index contributed by atoms with van der Waals surface area (Å²) in [6, 6.07) is 8.77. The van der Waals surface area contributed by atoms with E-state index >= 15 is 0 Å². The summed E-state index contributed by atoms with van der Waals surface area (Å²) in [6.07, 6.45) is 3.45. The van der Waals surface area contributed by atoms with E-state index in [1.807, 2.05) is 24.0 Å². The van der Waals surface area contributed by atoms with Crippen molar-refractivity contribution in [3.63, 3.8) is 0 Å². The number of pyridine rings is 1. The summed E-state index contributed by atoms with van der Waals surface area (Å²) < 4.78 is 0. The van der Waals surface area contributed by atoms with Gasteiger partial charge in [0.1, 0.15) is 0 Å². The predicted molar refractivity (Wildman–Crippen MR) is 79.4 cm³/mol. The van der Waals surface area contributed by atoms with Crippen LogP contribution >= 0.6 is 11.6 Å². The topological polar surface area (TPSA) is 53.4 Å². The maximum Gasteiger partial charge on any atom is 0.337 e. The van der Waals surface area contributed by atoms with Gasteiger partial charge in [-0.15, -0.1) is 0 Å². The van der Waals surface area contributed by atoms with Crippen molar-refractivity contribution in [1.82, 2.24) is 4.98 Å². The molecule has 104 valence electrons. The summed E-state index contributed by atoms with van der Waals surface area (Å²) in [6.45, 7) is 3.31. The highest BCUT2D eigenvalue weighted by Crippen LogP contribution is 2.25. The summed E-state index contributed by atoms with van der Waals surface area (Å²) in [5.41, 5.74) is 1.96. The van der Waals surface area contributed by atoms with Crippen LogP contribution in [0.3, 0.4) is 0 Å². The third-order valence-electron chi connectivity index (χ3n) is 3.03. The number of hydrogen-bond acceptors (Lipinski definition) is 3. The van der Waals surface area contributed by atoms with Crippen molar-refractivity contribution in [1.29, 1.82) is 0 Å². The average molecular weight is 291 g/mol. The highest BCUT2D eigenvalue weighted by molar-refractivity contribution is 6.31. The molecule has 0 aliphatic carbocycles. The number of carbonyl (C=O) groups is 1. The average Bonchev–Trinajstić information content (AvgIpc) is 2.46. The van der Waals surface area contributed by atoms with Gasteiger partial charge in [-0.1, -0.05) is 11.6 Å². The van der Waals surface area contributed by atoms with Crippen LogP contribution in [0.1, 0.15) is 22.8 Å². The zero-order valence-electron chi connectivity index (χ0n) is 11.1. The van der Waals surface area contributed by atoms with E-state index in [4.69, 9.17) is 11.6 Å². The first kappa shape index (κ1) is 14.3. The van der Waals surface area contributed by atoms with Gasteiger partial charge in [0, 0.05) is 30.5 Å². The third kappa shape index (κ3) is 3.27. The second-order valence-corrected chi connectivity index (χ2v) is 4.77. The number of benzene rings is 1. The van der Waals surface area contributed by atoms with E-state index < -0.39 is 5.97 Å². The van der Waals surface area contributed by atoms with E-state index in [9.17, 15) is 9.90 Å². The minimum atomic E-state index is -0.976. The van der Waals surface area contributed by atoms with E-state index in [1.54, 1.807) is 24.5 Å². The highest BCUT2D eigenvalue weighted by atomic mass is 35.5. The van der Waals surface area contributed by atoms with Crippen LogP contribution in [0.25, 0.3) is 0 Å². The molecule has 2 rings (SSSR count). The second-order valence-electron chi connectivity index (χ2n) is 4.34. The summed E-state index contributed by atoms with van der Waals surface area (Å²) in [7, 11) is 0. The summed E-state index contributed by atoms with van der Waals surface area (Å²) in [5, 5.41) is 9.73. The van der Waals surface area contributed by atoms with E-state index in [0.717, 1.165) is 5.56 Å². The van der Waals surface area contributed by atoms with Gasteiger partial charge in [0.2, 0.25) is 0 Å². The Morgan fingerprint density at radius 3 is 2.60 bits per heavy atom. The molecule has 20 heavy (non-hydrogen) atoms. The number of hydrogen-bond donors (Lipinski definition) is 1. The molecule has 0 aliphatic rings. The molecule has 4 nitrogen and oxygen atoms in total. The van der Waals surface area contributed by atoms with Gasteiger partial charge in [-0.2, -0.15) is 0 Å². The zero-order chi connectivity index (χ0) is 14.5. The zero-order valence-corrected chi connectivity index (χ0v) is 11.8. The third-order valence-corrected chi connectivity index (χ3v) is 3.27. The maximum absolute atomic E-state index is 11.4. The molecule has 2 aromatic rings. The lowest BCUT2D eigenvalue weighted by Gasteiger charge is -2.25. The van der Waals surface area contributed by atoms with E-state index in [0.29, 0.717) is 23.8 Å². The quantitative estimate of drug-likeness (QED) is 0.916. The van der Waals surface area contributed by atoms with Crippen LogP contribution in [0.5, 0.6) is 0 Å². The van der Waals surface area contributed by atoms with Crippen molar-refractivity contribution >= 4 is 23.3 Å². The molecular formula is C15H15ClN2O2. The van der Waals surface area contributed by atoms with Crippen molar-refractivity contribution in [3.05, 3.63) is 58.9 Å². The molecule has 0 fully saturated rings. The molecule has 1 aromatic heterocycles. The van der Waals surface area contributed by atoms with Gasteiger partial charge in [0.15, 0.2) is 0 Å². The number of rotatable bonds is 5. The summed E-state index contributed by atoms with van der Waals surface area (Å²) in [5.74, 6) is -0.976. The van der Waals surface area contributed by atoms with Crippen molar-refractivity contribution in [3.8, 4) is 0 Å². The molecule has 0 amide bonds. The number of carboxylic acids is 1. The number of carboxylic acid groups (broad SMARTS) is 1. The molecule has 1 N–H and O–H groups in total. The highest BCUT2D eigenvalue weighted by Gasteiger charge is 2.15. The van der Waals surface area contributed by atoms with Crippen LogP contribution < -0.4 is 4.90 Å². The Balaban J connectivity index is 2.34. The molecule has 5 heteroatoms. The van der Waals surface area contributed by atoms with Crippen LogP contribution in [-0.4, -0.2) is 22.6 Å². The number of halogens is 1. The molecular weight excluding hydrogens is 276 g/mol. The normalized spacial score (nSPS) is 10.3. The Bertz CT molecular complexity index is 602. The Morgan fingerprint density at radius 2 is 2.00 bits per heavy atom. The van der Waals surface area contributed by atoms with Crippen molar-refractivity contribution in [2.24, 2.45) is 0 Å². The number of aromatic carboxylic acids is 1. The smallest absolute Gasteiger partial charge is 0.337 e. The van der Waals surface area contributed by atoms with Gasteiger partial charge >= 0.3 is 5.97 Å². The molecule has 1 aromatic carbocycles. The molecule has 1 heterocycles. The molecule has 0 aliphatic heterocycles. The number of anilines is 1. The van der Waals surface area contributed by atoms with E-state index in [2.05, 4.69) is 4.98 Å². The summed E-state index contributed by atoms with van der Waals surface area (Å²) >= 11 is 5.88. The fourth-order valence-electron chi connectivity index (χ4n) is 2.03. The maximum atomic E-state index is 11.4. The van der Waals surface area contributed by atoms with Crippen LogP contribution in [0.15, 0.2) is 42.7 Å². The Morgan fingerprint density at radius 1 is 1.30 bits per heavy atom. The van der Waals surface area contributed by atoms with Crippen LogP contribution in [0.2, 0.25) is 5.02 Å². The van der Waals surface area contributed by atoms with Crippen LogP contribution in [0, 0.1) is 0 Å². The monoisotopic (exact) mass is 290 g/mol. The molecule has 0 unspecified atom stereocenters. The van der Waals surface area contributed by atoms with Crippen molar-refractivity contribution in [2.45, 2.75) is 13.5 Å². The Hall–Kier alpha value is -2.07. The number of aromatic nitrogens is 1. The van der Waals surface area contributed by atoms with E-state index in [1.165, 1.54) is 6.07 Å². The molecule has 0 radical (unpaired) electrons. The molecule has 0 spiro atoms. The van der Waals surface area contributed by atoms with Gasteiger partial charge in [-0.05, 0) is 42.8 Å². The molecule has 0 bridgehead atoms. The van der Waals surface area contributed by atoms with Crippen molar-refractivity contribution < 1.29 is 9.90 Å². The molecule has 0 saturated heterocycles. The largest absolute Gasteiger partial charge is 0.478 e. The minimum absolute atomic E-state index is 0.216. The fourth-order valence-corrected chi connectivity index (χ4v) is 2.20. The second kappa shape index (κ2) is 6.39. The summed E-state index contributed by atoms with van der Waals surface area (Å²) in [4.78, 5) is 17.3. The Kier molecular flexibility index (Phi) is 4.58. The standard InChI is InChI=1S/C15H15ClN2O2/c1-2-18(10-11-5-7-17-8-6-11)14-4-3-12(16)9-13(14)15(19)20/h3-9H,2,10H2,1H3,(H,19,20). The van der Waals surface area contributed by atoms with Gasteiger partial charge in [0.25, 0.3) is 0 Å². The SMILES string of the molecule is CCN(Cc1ccncc1)c1ccc(Cl)cc1C(=O)O. The van der Waals surface area contributed by atoms with Gasteiger partial charge < -0.3 is 10.0 Å². The van der Waals surface area contributed by atoms with Gasteiger partial charge in [-0.3, -0.25) is 4.98 Å². The first-order chi connectivity index (χ1) is 9.61. The van der Waals surface area contributed by atoms with Crippen LogP contribution in [0.4, 0.5) is 5.69 Å². The van der Waals surface area contributed by atoms with Crippen LogP contribution in [-0.2, 0) is 6.54 Å². The van der Waals surface area contributed by atoms with Gasteiger partial charge in [0.05, 0.1) is 11.3 Å². The lowest BCUT2D eigenvalue weighted by molar-refractivity contribution is 0.0697. The lowest BCUT2D eigenvalue weighted by Crippen LogP contribution is -2.24. The fraction of sp³-hybridized carbons (Fsp3) is 0.200. The minimum Gasteiger partial charge on any atom is -0.478 e. The first-order valence-corrected chi connectivity index (χ1v) is 6.66. The first-order valence-electron chi connectivity index (χ1n) is 6.28. The van der Waals surface area contributed by atoms with Crippen molar-refractivity contribution in [2.75, 3.05) is 11.4 Å².